The Bertz CT molecular complexity index is 795. The Morgan fingerprint density at radius 1 is 1.23 bits per heavy atom. The molecule has 0 bridgehead atoms. The third kappa shape index (κ3) is 4.43. The van der Waals surface area contributed by atoms with E-state index in [-0.39, 0.29) is 12.5 Å². The van der Waals surface area contributed by atoms with Gasteiger partial charge in [0.25, 0.3) is 0 Å². The van der Waals surface area contributed by atoms with Gasteiger partial charge in [-0.25, -0.2) is 4.79 Å². The van der Waals surface area contributed by atoms with E-state index in [4.69, 9.17) is 4.74 Å². The summed E-state index contributed by atoms with van der Waals surface area (Å²) in [6.45, 7) is 2.67. The molecule has 0 radical (unpaired) electrons. The molecule has 1 unspecified atom stereocenters. The first kappa shape index (κ1) is 18.5. The number of ether oxygens (including phenoxy) is 1. The van der Waals surface area contributed by atoms with E-state index in [1.807, 2.05) is 55.5 Å². The van der Waals surface area contributed by atoms with E-state index in [0.29, 0.717) is 13.0 Å². The number of hydrogen-bond donors (Lipinski definition) is 1. The molecule has 1 aliphatic heterocycles. The molecule has 1 aliphatic rings. The minimum Gasteiger partial charge on any atom is -0.445 e. The number of nitrogens with zero attached hydrogens (tertiary/aromatic N) is 1. The van der Waals surface area contributed by atoms with Crippen molar-refractivity contribution in [1.29, 1.82) is 0 Å². The number of carbonyl (C=O) groups excluding carboxylic acids is 2. The Balaban J connectivity index is 1.62. The quantitative estimate of drug-likeness (QED) is 0.797. The lowest BCUT2D eigenvalue weighted by Crippen LogP contribution is -2.43. The summed E-state index contributed by atoms with van der Waals surface area (Å²) in [5.41, 5.74) is 2.64. The van der Waals surface area contributed by atoms with Gasteiger partial charge in [0.1, 0.15) is 12.6 Å². The lowest BCUT2D eigenvalue weighted by molar-refractivity contribution is -0.120. The summed E-state index contributed by atoms with van der Waals surface area (Å²) < 4.78 is 6.28. The summed E-state index contributed by atoms with van der Waals surface area (Å²) in [4.78, 5) is 26.6. The average molecular weight is 417 g/mol. The molecule has 6 heteroatoms. The van der Waals surface area contributed by atoms with Gasteiger partial charge in [0.2, 0.25) is 5.91 Å². The second kappa shape index (κ2) is 8.36. The topological polar surface area (TPSA) is 58.6 Å². The van der Waals surface area contributed by atoms with E-state index in [1.165, 1.54) is 4.90 Å². The highest BCUT2D eigenvalue weighted by molar-refractivity contribution is 9.10. The molecule has 1 atom stereocenters. The fraction of sp³-hybridized carbons (Fsp3) is 0.300. The standard InChI is InChI=1S/C20H21BrN2O3/c1-14-9-10-16(21)12-17(14)22-19(24)18-8-5-11-23(18)20(25)26-13-15-6-3-2-4-7-15/h2-4,6-7,9-10,12,18H,5,8,11,13H2,1H3,(H,22,24). The number of aryl methyl sites for hydroxylation is 1. The van der Waals surface area contributed by atoms with Gasteiger partial charge in [-0.05, 0) is 43.0 Å². The molecule has 2 aromatic rings. The molecular weight excluding hydrogens is 396 g/mol. The Morgan fingerprint density at radius 2 is 2.00 bits per heavy atom. The molecule has 0 spiro atoms. The van der Waals surface area contributed by atoms with Crippen LogP contribution in [-0.4, -0.2) is 29.5 Å². The van der Waals surface area contributed by atoms with Crippen LogP contribution in [0.1, 0.15) is 24.0 Å². The minimum absolute atomic E-state index is 0.180. The molecule has 2 aromatic carbocycles. The first-order valence-electron chi connectivity index (χ1n) is 8.59. The lowest BCUT2D eigenvalue weighted by atomic mass is 10.1. The number of amides is 2. The summed E-state index contributed by atoms with van der Waals surface area (Å²) in [5, 5.41) is 2.93. The summed E-state index contributed by atoms with van der Waals surface area (Å²) in [6, 6.07) is 14.7. The molecule has 1 heterocycles. The molecule has 26 heavy (non-hydrogen) atoms. The van der Waals surface area contributed by atoms with Crippen LogP contribution in [0.4, 0.5) is 10.5 Å². The van der Waals surface area contributed by atoms with Gasteiger partial charge in [0, 0.05) is 16.7 Å². The Kier molecular flexibility index (Phi) is 5.93. The first-order chi connectivity index (χ1) is 12.5. The van der Waals surface area contributed by atoms with Crippen LogP contribution in [0.3, 0.4) is 0 Å². The molecule has 1 saturated heterocycles. The van der Waals surface area contributed by atoms with E-state index in [9.17, 15) is 9.59 Å². The molecule has 136 valence electrons. The predicted molar refractivity (Wildman–Crippen MR) is 104 cm³/mol. The van der Waals surface area contributed by atoms with Gasteiger partial charge < -0.3 is 10.1 Å². The number of rotatable bonds is 4. The average Bonchev–Trinajstić information content (AvgIpc) is 3.13. The van der Waals surface area contributed by atoms with Gasteiger partial charge >= 0.3 is 6.09 Å². The highest BCUT2D eigenvalue weighted by Crippen LogP contribution is 2.24. The summed E-state index contributed by atoms with van der Waals surface area (Å²) in [5.74, 6) is -0.180. The van der Waals surface area contributed by atoms with Crippen molar-refractivity contribution in [3.05, 3.63) is 64.1 Å². The van der Waals surface area contributed by atoms with Crippen LogP contribution in [0.25, 0.3) is 0 Å². The molecule has 3 rings (SSSR count). The van der Waals surface area contributed by atoms with Gasteiger partial charge in [-0.2, -0.15) is 0 Å². The zero-order valence-corrected chi connectivity index (χ0v) is 16.2. The van der Waals surface area contributed by atoms with Crippen LogP contribution >= 0.6 is 15.9 Å². The number of hydrogen-bond acceptors (Lipinski definition) is 3. The Labute approximate surface area is 161 Å². The minimum atomic E-state index is -0.503. The molecule has 0 aromatic heterocycles. The normalized spacial score (nSPS) is 16.4. The van der Waals surface area contributed by atoms with Gasteiger partial charge in [0.15, 0.2) is 0 Å². The number of likely N-dealkylation sites (tertiary alicyclic amines) is 1. The van der Waals surface area contributed by atoms with Crippen molar-refractivity contribution in [3.63, 3.8) is 0 Å². The van der Waals surface area contributed by atoms with Crippen LogP contribution in [0.2, 0.25) is 0 Å². The fourth-order valence-corrected chi connectivity index (χ4v) is 3.37. The van der Waals surface area contributed by atoms with E-state index in [0.717, 1.165) is 27.7 Å². The molecule has 0 aliphatic carbocycles. The zero-order chi connectivity index (χ0) is 18.5. The second-order valence-corrected chi connectivity index (χ2v) is 7.26. The summed E-state index contributed by atoms with van der Waals surface area (Å²) >= 11 is 3.41. The monoisotopic (exact) mass is 416 g/mol. The van der Waals surface area contributed by atoms with Crippen LogP contribution in [0.5, 0.6) is 0 Å². The second-order valence-electron chi connectivity index (χ2n) is 6.34. The maximum Gasteiger partial charge on any atom is 0.410 e. The van der Waals surface area contributed by atoms with Crippen LogP contribution < -0.4 is 5.32 Å². The number of carbonyl (C=O) groups is 2. The van der Waals surface area contributed by atoms with Gasteiger partial charge in [-0.3, -0.25) is 9.69 Å². The number of anilines is 1. The van der Waals surface area contributed by atoms with Crippen molar-refractivity contribution in [3.8, 4) is 0 Å². The zero-order valence-electron chi connectivity index (χ0n) is 14.6. The van der Waals surface area contributed by atoms with E-state index < -0.39 is 12.1 Å². The van der Waals surface area contributed by atoms with Crippen molar-refractivity contribution in [2.45, 2.75) is 32.4 Å². The Hall–Kier alpha value is -2.34. The number of nitrogens with one attached hydrogen (secondary N) is 1. The maximum atomic E-state index is 12.7. The number of halogens is 1. The van der Waals surface area contributed by atoms with Crippen molar-refractivity contribution in [2.24, 2.45) is 0 Å². The SMILES string of the molecule is Cc1ccc(Br)cc1NC(=O)C1CCCN1C(=O)OCc1ccccc1. The molecule has 0 saturated carbocycles. The predicted octanol–water partition coefficient (Wildman–Crippen LogP) is 4.50. The maximum absolute atomic E-state index is 12.7. The van der Waals surface area contributed by atoms with E-state index in [2.05, 4.69) is 21.2 Å². The molecule has 2 amide bonds. The van der Waals surface area contributed by atoms with Crippen molar-refractivity contribution in [2.75, 3.05) is 11.9 Å². The van der Waals surface area contributed by atoms with Crippen LogP contribution in [0, 0.1) is 6.92 Å². The van der Waals surface area contributed by atoms with Crippen molar-refractivity contribution >= 4 is 33.6 Å². The van der Waals surface area contributed by atoms with Crippen molar-refractivity contribution in [1.82, 2.24) is 4.90 Å². The summed E-state index contributed by atoms with van der Waals surface area (Å²) in [6.07, 6.45) is 0.979. The molecule has 1 fully saturated rings. The third-order valence-corrected chi connectivity index (χ3v) is 4.95. The summed E-state index contributed by atoms with van der Waals surface area (Å²) in [7, 11) is 0. The Morgan fingerprint density at radius 3 is 2.77 bits per heavy atom. The number of benzene rings is 2. The first-order valence-corrected chi connectivity index (χ1v) is 9.38. The van der Waals surface area contributed by atoms with E-state index in [1.54, 1.807) is 0 Å². The highest BCUT2D eigenvalue weighted by atomic mass is 79.9. The van der Waals surface area contributed by atoms with Crippen LogP contribution in [-0.2, 0) is 16.1 Å². The van der Waals surface area contributed by atoms with Gasteiger partial charge in [-0.1, -0.05) is 52.3 Å². The largest absolute Gasteiger partial charge is 0.445 e. The highest BCUT2D eigenvalue weighted by Gasteiger charge is 2.35. The molecule has 1 N–H and O–H groups in total. The van der Waals surface area contributed by atoms with E-state index >= 15 is 0 Å². The molecule has 5 nitrogen and oxygen atoms in total. The smallest absolute Gasteiger partial charge is 0.410 e. The third-order valence-electron chi connectivity index (χ3n) is 4.45. The lowest BCUT2D eigenvalue weighted by Gasteiger charge is -2.23. The van der Waals surface area contributed by atoms with Crippen LogP contribution in [0.15, 0.2) is 53.0 Å². The van der Waals surface area contributed by atoms with Gasteiger partial charge in [0.05, 0.1) is 0 Å². The fourth-order valence-electron chi connectivity index (χ4n) is 3.00. The van der Waals surface area contributed by atoms with Gasteiger partial charge in [-0.15, -0.1) is 0 Å². The van der Waals surface area contributed by atoms with Crippen molar-refractivity contribution < 1.29 is 14.3 Å². The molecular formula is C20H21BrN2O3.